The van der Waals surface area contributed by atoms with E-state index >= 15 is 4.39 Å². The number of amides is 1. The monoisotopic (exact) mass is 491 g/mol. The summed E-state index contributed by atoms with van der Waals surface area (Å²) in [4.78, 5) is 36.0. The normalized spacial score (nSPS) is 44.2. The Kier molecular flexibility index (Phi) is 6.54. The lowest BCUT2D eigenvalue weighted by atomic mass is 9.44. The molecule has 4 aliphatic carbocycles. The first-order valence-electron chi connectivity index (χ1n) is 12.9. The van der Waals surface area contributed by atoms with Crippen molar-refractivity contribution in [2.24, 2.45) is 28.6 Å². The molecule has 0 aromatic rings. The van der Waals surface area contributed by atoms with Gasteiger partial charge in [0, 0.05) is 29.7 Å². The lowest BCUT2D eigenvalue weighted by molar-refractivity contribution is -0.219. The Hall–Kier alpha value is -2.06. The van der Waals surface area contributed by atoms with Gasteiger partial charge in [0.25, 0.3) is 5.91 Å². The highest BCUT2D eigenvalue weighted by atomic mass is 19.1. The van der Waals surface area contributed by atoms with Crippen molar-refractivity contribution in [2.75, 3.05) is 6.54 Å². The molecule has 0 unspecified atom stereocenters. The number of aliphatic carboxylic acids is 1. The summed E-state index contributed by atoms with van der Waals surface area (Å²) in [6.45, 7) is 5.70. The first-order chi connectivity index (χ1) is 16.3. The Labute approximate surface area is 205 Å². The molecule has 4 rings (SSSR count). The predicted molar refractivity (Wildman–Crippen MR) is 127 cm³/mol. The average Bonchev–Trinajstić information content (AvgIpc) is 2.99. The first-order valence-corrected chi connectivity index (χ1v) is 12.9. The van der Waals surface area contributed by atoms with Gasteiger partial charge in [-0.3, -0.25) is 14.4 Å². The number of carboxylic acids is 1. The number of hydrogen-bond donors (Lipinski definition) is 4. The van der Waals surface area contributed by atoms with Crippen LogP contribution in [0.4, 0.5) is 4.39 Å². The Morgan fingerprint density at radius 2 is 1.91 bits per heavy atom. The molecule has 3 fully saturated rings. The van der Waals surface area contributed by atoms with Crippen molar-refractivity contribution in [3.63, 3.8) is 0 Å². The van der Waals surface area contributed by atoms with Crippen molar-refractivity contribution >= 4 is 17.7 Å². The summed E-state index contributed by atoms with van der Waals surface area (Å²) >= 11 is 0. The van der Waals surface area contributed by atoms with Gasteiger partial charge < -0.3 is 20.6 Å². The molecule has 0 bridgehead atoms. The molecule has 8 atom stereocenters. The number of aliphatic hydroxyl groups is 2. The summed E-state index contributed by atoms with van der Waals surface area (Å²) in [6.07, 6.45) is 6.33. The van der Waals surface area contributed by atoms with Gasteiger partial charge in [0.1, 0.15) is 0 Å². The van der Waals surface area contributed by atoms with Crippen molar-refractivity contribution < 1.29 is 34.1 Å². The Morgan fingerprint density at radius 3 is 2.60 bits per heavy atom. The summed E-state index contributed by atoms with van der Waals surface area (Å²) in [6, 6.07) is 0. The van der Waals surface area contributed by atoms with Gasteiger partial charge in [-0.05, 0) is 69.4 Å². The van der Waals surface area contributed by atoms with Crippen LogP contribution in [0.2, 0.25) is 0 Å². The van der Waals surface area contributed by atoms with Crippen LogP contribution in [0, 0.1) is 28.6 Å². The summed E-state index contributed by atoms with van der Waals surface area (Å²) in [5.74, 6) is -2.81. The van der Waals surface area contributed by atoms with Gasteiger partial charge >= 0.3 is 5.97 Å². The van der Waals surface area contributed by atoms with Crippen LogP contribution in [0.5, 0.6) is 0 Å². The zero-order valence-corrected chi connectivity index (χ0v) is 20.8. The lowest BCUT2D eigenvalue weighted by Gasteiger charge is -2.62. The van der Waals surface area contributed by atoms with Crippen LogP contribution in [-0.2, 0) is 14.4 Å². The van der Waals surface area contributed by atoms with E-state index in [9.17, 15) is 24.6 Å². The van der Waals surface area contributed by atoms with E-state index in [4.69, 9.17) is 5.11 Å². The molecule has 0 aliphatic heterocycles. The van der Waals surface area contributed by atoms with Crippen LogP contribution < -0.4 is 5.32 Å². The molecule has 3 saturated carbocycles. The highest BCUT2D eigenvalue weighted by Gasteiger charge is 2.75. The zero-order chi connectivity index (χ0) is 25.8. The van der Waals surface area contributed by atoms with Crippen molar-refractivity contribution in [1.82, 2.24) is 5.32 Å². The maximum atomic E-state index is 17.1. The molecule has 194 valence electrons. The molecule has 4 N–H and O–H groups in total. The van der Waals surface area contributed by atoms with E-state index in [2.05, 4.69) is 5.32 Å². The van der Waals surface area contributed by atoms with Crippen LogP contribution >= 0.6 is 0 Å². The smallest absolute Gasteiger partial charge is 0.303 e. The van der Waals surface area contributed by atoms with Crippen molar-refractivity contribution in [3.8, 4) is 0 Å². The van der Waals surface area contributed by atoms with E-state index in [0.717, 1.165) is 0 Å². The molecular formula is C27H38FNO6. The number of alkyl halides is 1. The van der Waals surface area contributed by atoms with E-state index in [1.165, 1.54) is 12.2 Å². The van der Waals surface area contributed by atoms with Crippen LogP contribution in [-0.4, -0.2) is 56.9 Å². The number of carbonyl (C=O) groups is 3. The summed E-state index contributed by atoms with van der Waals surface area (Å²) in [5.41, 5.74) is -5.16. The fraction of sp³-hybridized carbons (Fsp3) is 0.741. The molecule has 4 aliphatic rings. The van der Waals surface area contributed by atoms with Gasteiger partial charge in [-0.25, -0.2) is 4.39 Å². The third-order valence-electron chi connectivity index (χ3n) is 9.92. The average molecular weight is 492 g/mol. The summed E-state index contributed by atoms with van der Waals surface area (Å²) in [5, 5.41) is 34.8. The van der Waals surface area contributed by atoms with Gasteiger partial charge in [0.05, 0.1) is 6.10 Å². The van der Waals surface area contributed by atoms with Crippen LogP contribution in [0.25, 0.3) is 0 Å². The molecule has 1 amide bonds. The lowest BCUT2D eigenvalue weighted by Crippen LogP contribution is -2.70. The summed E-state index contributed by atoms with van der Waals surface area (Å²) in [7, 11) is 0. The molecule has 0 heterocycles. The summed E-state index contributed by atoms with van der Waals surface area (Å²) < 4.78 is 17.1. The number of halogens is 1. The third-order valence-corrected chi connectivity index (χ3v) is 9.92. The SMILES string of the molecule is C[C@@H]1C[C@H]2[C@@H]3CCC4=CC(=O)C=C[C@]4(C)[C@@]3(F)[C@@H](O)C[C@]2(C)[C@@]1(O)C(=O)NCCCCCC(=O)O. The van der Waals surface area contributed by atoms with E-state index in [-0.39, 0.29) is 24.5 Å². The van der Waals surface area contributed by atoms with E-state index in [1.54, 1.807) is 13.0 Å². The number of rotatable bonds is 7. The van der Waals surface area contributed by atoms with Crippen LogP contribution in [0.15, 0.2) is 23.8 Å². The number of carbonyl (C=O) groups excluding carboxylic acids is 2. The number of unbranched alkanes of at least 4 members (excludes halogenated alkanes) is 2. The van der Waals surface area contributed by atoms with E-state index in [1.807, 2.05) is 13.8 Å². The van der Waals surface area contributed by atoms with Gasteiger partial charge in [-0.2, -0.15) is 0 Å². The molecule has 0 radical (unpaired) electrons. The van der Waals surface area contributed by atoms with Crippen molar-refractivity contribution in [3.05, 3.63) is 23.8 Å². The zero-order valence-electron chi connectivity index (χ0n) is 20.8. The standard InChI is InChI=1S/C27H38FNO6/c1-16-13-20-19-9-8-17-14-18(30)10-11-24(17,2)26(19,28)21(31)15-25(20,3)27(16,35)23(34)29-12-6-4-5-7-22(32)33/h10-11,14,16,19-21,31,35H,4-9,12-13,15H2,1-3H3,(H,29,34)(H,32,33)/t16-,19+,20+,21+,24+,25+,26+,27+/m1/s1. The largest absolute Gasteiger partial charge is 0.481 e. The highest BCUT2D eigenvalue weighted by molar-refractivity contribution is 6.01. The van der Waals surface area contributed by atoms with Crippen LogP contribution in [0.3, 0.4) is 0 Å². The molecule has 0 saturated heterocycles. The van der Waals surface area contributed by atoms with Gasteiger partial charge in [0.15, 0.2) is 17.1 Å². The molecule has 35 heavy (non-hydrogen) atoms. The fourth-order valence-electron chi connectivity index (χ4n) is 7.95. The Bertz CT molecular complexity index is 979. The fourth-order valence-corrected chi connectivity index (χ4v) is 7.95. The van der Waals surface area contributed by atoms with Gasteiger partial charge in [0.2, 0.25) is 0 Å². The quantitative estimate of drug-likeness (QED) is 0.406. The number of carboxylic acid groups (broad SMARTS) is 1. The number of ketones is 1. The number of aliphatic hydroxyl groups excluding tert-OH is 1. The minimum absolute atomic E-state index is 0.0534. The van der Waals surface area contributed by atoms with E-state index in [0.29, 0.717) is 50.6 Å². The Balaban J connectivity index is 1.56. The predicted octanol–water partition coefficient (Wildman–Crippen LogP) is 3.10. The number of hydrogen-bond acceptors (Lipinski definition) is 5. The molecule has 0 aromatic carbocycles. The number of fused-ring (bicyclic) bond motifs is 5. The second-order valence-electron chi connectivity index (χ2n) is 11.6. The molecule has 0 aromatic heterocycles. The maximum Gasteiger partial charge on any atom is 0.303 e. The van der Waals surface area contributed by atoms with Gasteiger partial charge in [-0.15, -0.1) is 0 Å². The molecule has 7 nitrogen and oxygen atoms in total. The third kappa shape index (κ3) is 3.62. The second-order valence-corrected chi connectivity index (χ2v) is 11.6. The molecular weight excluding hydrogens is 453 g/mol. The van der Waals surface area contributed by atoms with Crippen LogP contribution in [0.1, 0.15) is 72.1 Å². The minimum Gasteiger partial charge on any atom is -0.481 e. The molecule has 8 heteroatoms. The number of nitrogens with one attached hydrogen (secondary N) is 1. The maximum absolute atomic E-state index is 17.1. The second kappa shape index (κ2) is 8.80. The van der Waals surface area contributed by atoms with Gasteiger partial charge in [-0.1, -0.05) is 31.9 Å². The number of allylic oxidation sites excluding steroid dienone is 4. The van der Waals surface area contributed by atoms with Crippen molar-refractivity contribution in [2.45, 2.75) is 89.5 Å². The first kappa shape index (κ1) is 26.0. The molecule has 0 spiro atoms. The van der Waals surface area contributed by atoms with Crippen molar-refractivity contribution in [1.29, 1.82) is 0 Å². The topological polar surface area (TPSA) is 124 Å². The Morgan fingerprint density at radius 1 is 1.20 bits per heavy atom. The van der Waals surface area contributed by atoms with E-state index < -0.39 is 51.9 Å². The minimum atomic E-state index is -2.00. The highest BCUT2D eigenvalue weighted by Crippen LogP contribution is 2.70.